The average Bonchev–Trinajstić information content (AvgIpc) is 2.38. The van der Waals surface area contributed by atoms with Crippen molar-refractivity contribution in [3.63, 3.8) is 0 Å². The van der Waals surface area contributed by atoms with E-state index < -0.39 is 0 Å². The van der Waals surface area contributed by atoms with Crippen molar-refractivity contribution in [2.24, 2.45) is 5.92 Å². The quantitative estimate of drug-likeness (QED) is 0.799. The molecule has 0 aliphatic carbocycles. The van der Waals surface area contributed by atoms with Crippen LogP contribution in [0.3, 0.4) is 0 Å². The topological polar surface area (TPSA) is 41.1 Å². The van der Waals surface area contributed by atoms with Gasteiger partial charge in [0.05, 0.1) is 0 Å². The molecule has 0 fully saturated rings. The first-order valence-corrected chi connectivity index (χ1v) is 8.00. The zero-order valence-electron chi connectivity index (χ0n) is 14.8. The smallest absolute Gasteiger partial charge is 0.130 e. The third-order valence-electron chi connectivity index (χ3n) is 3.68. The lowest BCUT2D eigenvalue weighted by molar-refractivity contribution is 0.409. The molecule has 1 rings (SSSR count). The van der Waals surface area contributed by atoms with Gasteiger partial charge in [-0.3, -0.25) is 0 Å². The summed E-state index contributed by atoms with van der Waals surface area (Å²) in [5.41, 5.74) is 3.61. The van der Waals surface area contributed by atoms with E-state index in [-0.39, 0.29) is 0 Å². The van der Waals surface area contributed by atoms with E-state index in [0.717, 1.165) is 43.1 Å². The Balaban J connectivity index is 2.70. The third kappa shape index (κ3) is 6.53. The van der Waals surface area contributed by atoms with Crippen LogP contribution in [0.5, 0.6) is 0 Å². The van der Waals surface area contributed by atoms with Crippen LogP contribution >= 0.6 is 0 Å². The number of hydrogen-bond donors (Lipinski definition) is 1. The predicted octanol–water partition coefficient (Wildman–Crippen LogP) is 2.37. The van der Waals surface area contributed by atoms with Crippen LogP contribution < -0.4 is 5.32 Å². The monoisotopic (exact) mass is 292 g/mol. The zero-order valence-corrected chi connectivity index (χ0v) is 14.8. The van der Waals surface area contributed by atoms with Gasteiger partial charge in [0.2, 0.25) is 0 Å². The second-order valence-corrected chi connectivity index (χ2v) is 6.71. The number of likely N-dealkylation sites (N-methyl/N-ethyl adjacent to an activating group) is 1. The molecule has 0 aliphatic rings. The molecule has 0 saturated carbocycles. The summed E-state index contributed by atoms with van der Waals surface area (Å²) in [4.78, 5) is 11.6. The first-order chi connectivity index (χ1) is 9.79. The van der Waals surface area contributed by atoms with Gasteiger partial charge in [0, 0.05) is 30.4 Å². The highest BCUT2D eigenvalue weighted by Gasteiger charge is 2.12. The van der Waals surface area contributed by atoms with E-state index in [9.17, 15) is 0 Å². The predicted molar refractivity (Wildman–Crippen MR) is 89.8 cm³/mol. The Morgan fingerprint density at radius 1 is 1.05 bits per heavy atom. The SMILES string of the molecule is Cc1nc(CCN(C)C)nc(C)c1CC(C)CNC(C)C. The second kappa shape index (κ2) is 8.44. The fourth-order valence-corrected chi connectivity index (χ4v) is 2.40. The van der Waals surface area contributed by atoms with Crippen LogP contribution in [0.1, 0.15) is 43.5 Å². The van der Waals surface area contributed by atoms with E-state index in [4.69, 9.17) is 9.97 Å². The van der Waals surface area contributed by atoms with Gasteiger partial charge >= 0.3 is 0 Å². The summed E-state index contributed by atoms with van der Waals surface area (Å²) in [5.74, 6) is 1.57. The summed E-state index contributed by atoms with van der Waals surface area (Å²) in [6.07, 6.45) is 1.96. The molecule has 0 saturated heterocycles. The van der Waals surface area contributed by atoms with Crippen LogP contribution in [0.4, 0.5) is 0 Å². The normalized spacial score (nSPS) is 13.2. The lowest BCUT2D eigenvalue weighted by atomic mass is 9.98. The standard InChI is InChI=1S/C17H32N4/c1-12(2)18-11-13(3)10-16-14(4)19-17(20-15(16)5)8-9-21(6)7/h12-13,18H,8-11H2,1-7H3. The average molecular weight is 292 g/mol. The van der Waals surface area contributed by atoms with Crippen LogP contribution in [0.2, 0.25) is 0 Å². The Kier molecular flexibility index (Phi) is 7.26. The maximum atomic E-state index is 4.70. The highest BCUT2D eigenvalue weighted by molar-refractivity contribution is 5.25. The van der Waals surface area contributed by atoms with Crippen molar-refractivity contribution in [2.45, 2.75) is 53.5 Å². The molecule has 0 spiro atoms. The van der Waals surface area contributed by atoms with Crippen molar-refractivity contribution in [2.75, 3.05) is 27.2 Å². The second-order valence-electron chi connectivity index (χ2n) is 6.71. The summed E-state index contributed by atoms with van der Waals surface area (Å²) < 4.78 is 0. The maximum Gasteiger partial charge on any atom is 0.130 e. The number of nitrogens with one attached hydrogen (secondary N) is 1. The van der Waals surface area contributed by atoms with Crippen molar-refractivity contribution >= 4 is 0 Å². The molecule has 1 unspecified atom stereocenters. The molecular formula is C17H32N4. The van der Waals surface area contributed by atoms with Gasteiger partial charge in [-0.05, 0) is 52.4 Å². The van der Waals surface area contributed by atoms with Crippen LogP contribution in [-0.2, 0) is 12.8 Å². The number of aryl methyl sites for hydroxylation is 2. The van der Waals surface area contributed by atoms with Gasteiger partial charge in [-0.25, -0.2) is 9.97 Å². The summed E-state index contributed by atoms with van der Waals surface area (Å²) >= 11 is 0. The molecular weight excluding hydrogens is 260 g/mol. The Morgan fingerprint density at radius 3 is 2.10 bits per heavy atom. The molecule has 4 heteroatoms. The Hall–Kier alpha value is -1.00. The molecule has 4 nitrogen and oxygen atoms in total. The highest BCUT2D eigenvalue weighted by atomic mass is 15.1. The molecule has 1 atom stereocenters. The van der Waals surface area contributed by atoms with E-state index in [0.29, 0.717) is 12.0 Å². The van der Waals surface area contributed by atoms with E-state index >= 15 is 0 Å². The summed E-state index contributed by atoms with van der Waals surface area (Å²) in [6.45, 7) is 12.9. The van der Waals surface area contributed by atoms with Crippen molar-refractivity contribution in [1.82, 2.24) is 20.2 Å². The molecule has 1 aromatic rings. The van der Waals surface area contributed by atoms with E-state index in [1.54, 1.807) is 0 Å². The van der Waals surface area contributed by atoms with Crippen LogP contribution in [0.25, 0.3) is 0 Å². The number of rotatable bonds is 8. The molecule has 0 bridgehead atoms. The van der Waals surface area contributed by atoms with Crippen molar-refractivity contribution in [1.29, 1.82) is 0 Å². The van der Waals surface area contributed by atoms with Crippen molar-refractivity contribution in [3.8, 4) is 0 Å². The van der Waals surface area contributed by atoms with Gasteiger partial charge in [0.15, 0.2) is 0 Å². The van der Waals surface area contributed by atoms with Crippen LogP contribution in [0.15, 0.2) is 0 Å². The highest BCUT2D eigenvalue weighted by Crippen LogP contribution is 2.15. The largest absolute Gasteiger partial charge is 0.314 e. The summed E-state index contributed by atoms with van der Waals surface area (Å²) in [7, 11) is 4.16. The molecule has 0 aromatic carbocycles. The van der Waals surface area contributed by atoms with Gasteiger partial charge in [-0.1, -0.05) is 20.8 Å². The van der Waals surface area contributed by atoms with Gasteiger partial charge in [0.25, 0.3) is 0 Å². The van der Waals surface area contributed by atoms with E-state index in [2.05, 4.69) is 58.9 Å². The number of nitrogens with zero attached hydrogens (tertiary/aromatic N) is 3. The van der Waals surface area contributed by atoms with Crippen LogP contribution in [-0.4, -0.2) is 48.1 Å². The Morgan fingerprint density at radius 2 is 1.62 bits per heavy atom. The number of hydrogen-bond acceptors (Lipinski definition) is 4. The minimum Gasteiger partial charge on any atom is -0.314 e. The lowest BCUT2D eigenvalue weighted by Crippen LogP contribution is -2.29. The first kappa shape index (κ1) is 18.1. The van der Waals surface area contributed by atoms with Crippen molar-refractivity contribution < 1.29 is 0 Å². The number of aromatic nitrogens is 2. The fraction of sp³-hybridized carbons (Fsp3) is 0.765. The lowest BCUT2D eigenvalue weighted by Gasteiger charge is -2.18. The molecule has 120 valence electrons. The van der Waals surface area contributed by atoms with Gasteiger partial charge < -0.3 is 10.2 Å². The fourth-order valence-electron chi connectivity index (χ4n) is 2.40. The van der Waals surface area contributed by atoms with Crippen LogP contribution in [0, 0.1) is 19.8 Å². The summed E-state index contributed by atoms with van der Waals surface area (Å²) in [6, 6.07) is 0.541. The van der Waals surface area contributed by atoms with Gasteiger partial charge in [-0.15, -0.1) is 0 Å². The molecule has 1 N–H and O–H groups in total. The molecule has 0 amide bonds. The minimum atomic E-state index is 0.541. The summed E-state index contributed by atoms with van der Waals surface area (Å²) in [5, 5.41) is 3.50. The maximum absolute atomic E-state index is 4.70. The molecule has 1 heterocycles. The molecule has 0 aliphatic heterocycles. The minimum absolute atomic E-state index is 0.541. The molecule has 1 aromatic heterocycles. The van der Waals surface area contributed by atoms with E-state index in [1.165, 1.54) is 5.56 Å². The molecule has 21 heavy (non-hydrogen) atoms. The Labute approximate surface area is 130 Å². The first-order valence-electron chi connectivity index (χ1n) is 8.00. The van der Waals surface area contributed by atoms with E-state index in [1.807, 2.05) is 0 Å². The van der Waals surface area contributed by atoms with Gasteiger partial charge in [-0.2, -0.15) is 0 Å². The van der Waals surface area contributed by atoms with Crippen molar-refractivity contribution in [3.05, 3.63) is 22.8 Å². The van der Waals surface area contributed by atoms with Gasteiger partial charge in [0.1, 0.15) is 5.82 Å². The Bertz CT molecular complexity index is 417. The molecule has 0 radical (unpaired) electrons. The zero-order chi connectivity index (χ0) is 16.0. The third-order valence-corrected chi connectivity index (χ3v) is 3.68.